The fourth-order valence-electron chi connectivity index (χ4n) is 4.83. The van der Waals surface area contributed by atoms with Gasteiger partial charge in [-0.15, -0.1) is 0 Å². The Kier molecular flexibility index (Phi) is 18.1. The highest BCUT2D eigenvalue weighted by atomic mass is 16.5. The standard InChI is InChI=1S/C36H44N4O13/c41-29(37-27(33(45)46)15-7-9-21-39(52)31(43)19-17-25-11-3-1-4-12-25)23-36(51,35(49)50)24-30(42)38-28(34(47)48)16-8-10-22-40(53)32(44)20-18-26-13-5-2-6-14-26/h1-6,11-14,17-20,27-28,51-53H,7-10,15-16,21-24H2,(H,37,41)(H,38,42)(H,45,46)(H,47,48)(H,49,50)/b19-17+,20-18+/t27-,28-/m0/s1. The third-order valence-corrected chi connectivity index (χ3v) is 7.74. The van der Waals surface area contributed by atoms with E-state index in [9.17, 15) is 64.4 Å². The van der Waals surface area contributed by atoms with E-state index in [1.807, 2.05) is 0 Å². The lowest BCUT2D eigenvalue weighted by atomic mass is 9.94. The summed E-state index contributed by atoms with van der Waals surface area (Å²) >= 11 is 0. The molecule has 0 spiro atoms. The van der Waals surface area contributed by atoms with Gasteiger partial charge in [0.25, 0.3) is 11.8 Å². The smallest absolute Gasteiger partial charge is 0.336 e. The molecule has 0 aromatic heterocycles. The van der Waals surface area contributed by atoms with Gasteiger partial charge in [-0.2, -0.15) is 0 Å². The Bertz CT molecular complexity index is 1510. The van der Waals surface area contributed by atoms with Crippen molar-refractivity contribution in [1.82, 2.24) is 20.8 Å². The minimum Gasteiger partial charge on any atom is -0.480 e. The molecule has 0 heterocycles. The number of hydrogen-bond acceptors (Lipinski definition) is 10. The zero-order valence-corrected chi connectivity index (χ0v) is 28.7. The number of nitrogens with one attached hydrogen (secondary N) is 2. The highest BCUT2D eigenvalue weighted by molar-refractivity contribution is 5.94. The van der Waals surface area contributed by atoms with Gasteiger partial charge >= 0.3 is 17.9 Å². The fourth-order valence-corrected chi connectivity index (χ4v) is 4.83. The summed E-state index contributed by atoms with van der Waals surface area (Å²) in [5.74, 6) is -8.84. The molecule has 286 valence electrons. The number of carboxylic acid groups (broad SMARTS) is 3. The monoisotopic (exact) mass is 740 g/mol. The first-order valence-corrected chi connectivity index (χ1v) is 16.6. The molecule has 17 heteroatoms. The molecule has 2 aromatic rings. The van der Waals surface area contributed by atoms with Crippen LogP contribution in [0.2, 0.25) is 0 Å². The second-order valence-corrected chi connectivity index (χ2v) is 12.0. The molecule has 0 aliphatic carbocycles. The molecule has 2 aromatic carbocycles. The molecule has 2 rings (SSSR count). The van der Waals surface area contributed by atoms with E-state index < -0.39 is 72.1 Å². The highest BCUT2D eigenvalue weighted by Gasteiger charge is 2.42. The lowest BCUT2D eigenvalue weighted by Gasteiger charge is -2.24. The van der Waals surface area contributed by atoms with Crippen LogP contribution in [0.5, 0.6) is 0 Å². The van der Waals surface area contributed by atoms with Gasteiger partial charge in [0.15, 0.2) is 5.60 Å². The van der Waals surface area contributed by atoms with Gasteiger partial charge in [-0.05, 0) is 61.8 Å². The molecule has 17 nitrogen and oxygen atoms in total. The molecule has 53 heavy (non-hydrogen) atoms. The fraction of sp³-hybridized carbons (Fsp3) is 0.361. The van der Waals surface area contributed by atoms with Crippen LogP contribution >= 0.6 is 0 Å². The maximum atomic E-state index is 12.6. The van der Waals surface area contributed by atoms with Gasteiger partial charge in [-0.3, -0.25) is 29.6 Å². The molecule has 0 aliphatic rings. The lowest BCUT2D eigenvalue weighted by Crippen LogP contribution is -2.51. The van der Waals surface area contributed by atoms with Crippen LogP contribution in [0.4, 0.5) is 0 Å². The molecule has 0 unspecified atom stereocenters. The summed E-state index contributed by atoms with van der Waals surface area (Å²) in [5, 5.41) is 64.3. The number of nitrogens with zero attached hydrogens (tertiary/aromatic N) is 2. The van der Waals surface area contributed by atoms with Crippen molar-refractivity contribution in [3.63, 3.8) is 0 Å². The van der Waals surface area contributed by atoms with Crippen molar-refractivity contribution < 1.29 is 64.4 Å². The van der Waals surface area contributed by atoms with Crippen LogP contribution in [0.1, 0.15) is 62.5 Å². The van der Waals surface area contributed by atoms with E-state index in [1.54, 1.807) is 60.7 Å². The quantitative estimate of drug-likeness (QED) is 0.0351. The van der Waals surface area contributed by atoms with Crippen LogP contribution < -0.4 is 10.6 Å². The average molecular weight is 741 g/mol. The molecule has 0 fully saturated rings. The van der Waals surface area contributed by atoms with Crippen molar-refractivity contribution >= 4 is 53.7 Å². The van der Waals surface area contributed by atoms with Crippen molar-refractivity contribution in [2.24, 2.45) is 0 Å². The number of rotatable bonds is 23. The summed E-state index contributed by atoms with van der Waals surface area (Å²) in [4.78, 5) is 84.8. The number of amides is 4. The molecule has 2 atom stereocenters. The number of benzene rings is 2. The number of unbranched alkanes of at least 4 members (excludes halogenated alkanes) is 2. The first kappa shape index (κ1) is 43.3. The molecule has 8 N–H and O–H groups in total. The molecule has 0 aliphatic heterocycles. The molecule has 4 amide bonds. The molecular formula is C36H44N4O13. The zero-order chi connectivity index (χ0) is 39.4. The minimum atomic E-state index is -3.03. The molecule has 0 radical (unpaired) electrons. The summed E-state index contributed by atoms with van der Waals surface area (Å²) < 4.78 is 0. The maximum absolute atomic E-state index is 12.6. The van der Waals surface area contributed by atoms with Crippen molar-refractivity contribution in [1.29, 1.82) is 0 Å². The Morgan fingerprint density at radius 2 is 0.962 bits per heavy atom. The average Bonchev–Trinajstić information content (AvgIpc) is 3.12. The molecule has 0 saturated heterocycles. The summed E-state index contributed by atoms with van der Waals surface area (Å²) in [7, 11) is 0. The molecule has 0 bridgehead atoms. The number of hydrogen-bond donors (Lipinski definition) is 8. The van der Waals surface area contributed by atoms with Gasteiger partial charge in [0.05, 0.1) is 12.8 Å². The first-order chi connectivity index (χ1) is 25.1. The number of aliphatic hydroxyl groups is 1. The first-order valence-electron chi connectivity index (χ1n) is 16.6. The van der Waals surface area contributed by atoms with E-state index in [-0.39, 0.29) is 51.6 Å². The Balaban J connectivity index is 1.82. The van der Waals surface area contributed by atoms with Crippen LogP contribution in [0.3, 0.4) is 0 Å². The second kappa shape index (κ2) is 22.1. The van der Waals surface area contributed by atoms with Gasteiger partial charge in [-0.1, -0.05) is 60.7 Å². The minimum absolute atomic E-state index is 0.101. The maximum Gasteiger partial charge on any atom is 0.336 e. The van der Waals surface area contributed by atoms with Crippen molar-refractivity contribution in [3.8, 4) is 0 Å². The number of carbonyl (C=O) groups excluding carboxylic acids is 4. The van der Waals surface area contributed by atoms with Crippen molar-refractivity contribution in [2.75, 3.05) is 13.1 Å². The van der Waals surface area contributed by atoms with Gasteiger partial charge in [-0.25, -0.2) is 24.5 Å². The van der Waals surface area contributed by atoms with E-state index >= 15 is 0 Å². The third kappa shape index (κ3) is 16.3. The van der Waals surface area contributed by atoms with Gasteiger partial charge in [0, 0.05) is 25.2 Å². The van der Waals surface area contributed by atoms with E-state index in [2.05, 4.69) is 10.6 Å². The van der Waals surface area contributed by atoms with Crippen LogP contribution in [0, 0.1) is 0 Å². The van der Waals surface area contributed by atoms with Crippen LogP contribution in [0.25, 0.3) is 12.2 Å². The number of hydroxylamine groups is 4. The van der Waals surface area contributed by atoms with Gasteiger partial charge < -0.3 is 31.1 Å². The number of carbonyl (C=O) groups is 7. The zero-order valence-electron chi connectivity index (χ0n) is 28.7. The predicted octanol–water partition coefficient (Wildman–Crippen LogP) is 1.92. The van der Waals surface area contributed by atoms with E-state index in [0.717, 1.165) is 23.3 Å². The summed E-state index contributed by atoms with van der Waals surface area (Å²) in [5.41, 5.74) is -1.57. The van der Waals surface area contributed by atoms with Gasteiger partial charge in [0.2, 0.25) is 11.8 Å². The Morgan fingerprint density at radius 1 is 0.604 bits per heavy atom. The number of carboxylic acids is 3. The van der Waals surface area contributed by atoms with Crippen LogP contribution in [0.15, 0.2) is 72.8 Å². The lowest BCUT2D eigenvalue weighted by molar-refractivity contribution is -0.165. The SMILES string of the molecule is O=C(CC(O)(CC(=O)N[C@@H](CCCCN(O)C(=O)/C=C/c1ccccc1)C(=O)O)C(=O)O)N[C@@H](CCCCN(O)C(=O)/C=C/c1ccccc1)C(=O)O. The van der Waals surface area contributed by atoms with E-state index in [1.165, 1.54) is 12.2 Å². The second-order valence-electron chi connectivity index (χ2n) is 12.0. The Morgan fingerprint density at radius 3 is 1.28 bits per heavy atom. The largest absolute Gasteiger partial charge is 0.480 e. The highest BCUT2D eigenvalue weighted by Crippen LogP contribution is 2.18. The number of aliphatic carboxylic acids is 3. The Labute approximate surface area is 304 Å². The van der Waals surface area contributed by atoms with Crippen molar-refractivity contribution in [3.05, 3.63) is 83.9 Å². The molecular weight excluding hydrogens is 696 g/mol. The van der Waals surface area contributed by atoms with Crippen LogP contribution in [-0.4, -0.2) is 113 Å². The predicted molar refractivity (Wildman–Crippen MR) is 187 cm³/mol. The third-order valence-electron chi connectivity index (χ3n) is 7.74. The summed E-state index contributed by atoms with van der Waals surface area (Å²) in [6.45, 7) is -0.314. The van der Waals surface area contributed by atoms with Gasteiger partial charge in [0.1, 0.15) is 12.1 Å². The summed E-state index contributed by atoms with van der Waals surface area (Å²) in [6, 6.07) is 14.6. The van der Waals surface area contributed by atoms with E-state index in [0.29, 0.717) is 10.1 Å². The van der Waals surface area contributed by atoms with Crippen molar-refractivity contribution in [2.45, 2.75) is 69.1 Å². The molecule has 0 saturated carbocycles. The van der Waals surface area contributed by atoms with E-state index in [4.69, 9.17) is 0 Å². The Hall–Kier alpha value is -5.91. The summed E-state index contributed by atoms with van der Waals surface area (Å²) in [6.07, 6.45) is 2.90. The normalized spacial score (nSPS) is 12.5. The van der Waals surface area contributed by atoms with Crippen LogP contribution in [-0.2, 0) is 33.6 Å². The topological polar surface area (TPSA) is 271 Å².